The van der Waals surface area contributed by atoms with E-state index in [4.69, 9.17) is 0 Å². The lowest BCUT2D eigenvalue weighted by molar-refractivity contribution is -0.141. The van der Waals surface area contributed by atoms with Crippen LogP contribution >= 0.6 is 11.3 Å². The SMILES string of the molecule is CC(C)NCc1sc(-c2ccc(F)cc2)nc1C(F)(F)F. The summed E-state index contributed by atoms with van der Waals surface area (Å²) in [5.74, 6) is -0.437. The molecular weight excluding hydrogens is 304 g/mol. The number of thiazole rings is 1. The van der Waals surface area contributed by atoms with Crippen molar-refractivity contribution in [3.8, 4) is 10.6 Å². The number of halogens is 4. The van der Waals surface area contributed by atoms with E-state index in [1.54, 1.807) is 0 Å². The molecule has 0 amide bonds. The van der Waals surface area contributed by atoms with Gasteiger partial charge in [-0.05, 0) is 24.3 Å². The lowest BCUT2D eigenvalue weighted by Gasteiger charge is -2.09. The summed E-state index contributed by atoms with van der Waals surface area (Å²) in [5.41, 5.74) is -0.400. The van der Waals surface area contributed by atoms with Gasteiger partial charge in [-0.3, -0.25) is 0 Å². The molecule has 1 N–H and O–H groups in total. The first-order valence-electron chi connectivity index (χ1n) is 6.33. The molecule has 0 aliphatic carbocycles. The van der Waals surface area contributed by atoms with Crippen molar-refractivity contribution < 1.29 is 17.6 Å². The minimum Gasteiger partial charge on any atom is -0.310 e. The third-order valence-corrected chi connectivity index (χ3v) is 3.83. The van der Waals surface area contributed by atoms with Crippen LogP contribution in [-0.4, -0.2) is 11.0 Å². The van der Waals surface area contributed by atoms with Crippen molar-refractivity contribution >= 4 is 11.3 Å². The Bertz CT molecular complexity index is 602. The van der Waals surface area contributed by atoms with Crippen molar-refractivity contribution in [3.63, 3.8) is 0 Å². The summed E-state index contributed by atoms with van der Waals surface area (Å²) in [6.45, 7) is 3.82. The first kappa shape index (κ1) is 15.9. The summed E-state index contributed by atoms with van der Waals surface area (Å²) in [4.78, 5) is 3.83. The number of hydrogen-bond donors (Lipinski definition) is 1. The van der Waals surface area contributed by atoms with Crippen LogP contribution in [0.2, 0.25) is 0 Å². The molecule has 1 heterocycles. The number of nitrogens with one attached hydrogen (secondary N) is 1. The Kier molecular flexibility index (Phi) is 4.63. The van der Waals surface area contributed by atoms with Crippen LogP contribution in [0.25, 0.3) is 10.6 Å². The molecule has 0 atom stereocenters. The van der Waals surface area contributed by atoms with E-state index in [0.717, 1.165) is 11.3 Å². The summed E-state index contributed by atoms with van der Waals surface area (Å²) < 4.78 is 51.9. The number of hydrogen-bond acceptors (Lipinski definition) is 3. The Morgan fingerprint density at radius 1 is 1.19 bits per heavy atom. The smallest absolute Gasteiger partial charge is 0.310 e. The third kappa shape index (κ3) is 4.01. The largest absolute Gasteiger partial charge is 0.434 e. The Labute approximate surface area is 123 Å². The highest BCUT2D eigenvalue weighted by Gasteiger charge is 2.37. The molecule has 0 aliphatic heterocycles. The molecule has 2 rings (SSSR count). The summed E-state index contributed by atoms with van der Waals surface area (Å²) in [6, 6.07) is 5.33. The second-order valence-corrected chi connectivity index (χ2v) is 5.91. The van der Waals surface area contributed by atoms with Crippen LogP contribution in [0.5, 0.6) is 0 Å². The van der Waals surface area contributed by atoms with Gasteiger partial charge in [-0.1, -0.05) is 13.8 Å². The Hall–Kier alpha value is -1.47. The molecule has 1 aromatic carbocycles. The maximum Gasteiger partial charge on any atom is 0.434 e. The van der Waals surface area contributed by atoms with E-state index in [2.05, 4.69) is 10.3 Å². The van der Waals surface area contributed by atoms with E-state index in [-0.39, 0.29) is 22.5 Å². The minimum absolute atomic E-state index is 0.0717. The van der Waals surface area contributed by atoms with E-state index in [1.807, 2.05) is 13.8 Å². The highest BCUT2D eigenvalue weighted by Crippen LogP contribution is 2.37. The van der Waals surface area contributed by atoms with Crippen molar-refractivity contribution in [1.29, 1.82) is 0 Å². The molecule has 0 spiro atoms. The van der Waals surface area contributed by atoms with Gasteiger partial charge in [-0.25, -0.2) is 9.37 Å². The second-order valence-electron chi connectivity index (χ2n) is 4.83. The fourth-order valence-electron chi connectivity index (χ4n) is 1.71. The fourth-order valence-corrected chi connectivity index (χ4v) is 2.74. The highest BCUT2D eigenvalue weighted by molar-refractivity contribution is 7.15. The average Bonchev–Trinajstić information content (AvgIpc) is 2.81. The van der Waals surface area contributed by atoms with Crippen LogP contribution in [-0.2, 0) is 12.7 Å². The first-order chi connectivity index (χ1) is 9.77. The Morgan fingerprint density at radius 3 is 2.33 bits per heavy atom. The maximum absolute atomic E-state index is 13.0. The molecule has 21 heavy (non-hydrogen) atoms. The number of alkyl halides is 3. The molecule has 0 unspecified atom stereocenters. The molecule has 0 fully saturated rings. The van der Waals surface area contributed by atoms with Crippen LogP contribution in [0.15, 0.2) is 24.3 Å². The van der Waals surface area contributed by atoms with Gasteiger partial charge in [-0.2, -0.15) is 13.2 Å². The highest BCUT2D eigenvalue weighted by atomic mass is 32.1. The van der Waals surface area contributed by atoms with E-state index in [0.29, 0.717) is 5.56 Å². The molecular formula is C14H14F4N2S. The maximum atomic E-state index is 13.0. The molecule has 0 saturated carbocycles. The van der Waals surface area contributed by atoms with E-state index in [1.165, 1.54) is 24.3 Å². The Morgan fingerprint density at radius 2 is 1.81 bits per heavy atom. The van der Waals surface area contributed by atoms with Crippen LogP contribution in [0, 0.1) is 5.82 Å². The van der Waals surface area contributed by atoms with E-state index in [9.17, 15) is 17.6 Å². The zero-order chi connectivity index (χ0) is 15.6. The molecule has 0 saturated heterocycles. The van der Waals surface area contributed by atoms with Crippen molar-refractivity contribution in [1.82, 2.24) is 10.3 Å². The molecule has 2 aromatic rings. The Balaban J connectivity index is 2.37. The van der Waals surface area contributed by atoms with Gasteiger partial charge in [0.15, 0.2) is 5.69 Å². The topological polar surface area (TPSA) is 24.9 Å². The molecule has 2 nitrogen and oxygen atoms in total. The lowest BCUT2D eigenvalue weighted by Crippen LogP contribution is -2.23. The van der Waals surface area contributed by atoms with Gasteiger partial charge in [0, 0.05) is 18.2 Å². The monoisotopic (exact) mass is 318 g/mol. The van der Waals surface area contributed by atoms with Crippen LogP contribution < -0.4 is 5.32 Å². The standard InChI is InChI=1S/C14H14F4N2S/c1-8(2)19-7-11-12(14(16,17)18)20-13(21-11)9-3-5-10(15)6-4-9/h3-6,8,19H,7H2,1-2H3. The third-order valence-electron chi connectivity index (χ3n) is 2.73. The molecule has 0 aliphatic rings. The van der Waals surface area contributed by atoms with E-state index >= 15 is 0 Å². The second kappa shape index (κ2) is 6.11. The van der Waals surface area contributed by atoms with Crippen molar-refractivity contribution in [2.75, 3.05) is 0 Å². The summed E-state index contributed by atoms with van der Waals surface area (Å²) in [6.07, 6.45) is -4.50. The number of benzene rings is 1. The predicted molar refractivity (Wildman–Crippen MR) is 74.5 cm³/mol. The molecule has 0 radical (unpaired) electrons. The fraction of sp³-hybridized carbons (Fsp3) is 0.357. The predicted octanol–water partition coefficient (Wildman–Crippen LogP) is 4.47. The number of rotatable bonds is 4. The van der Waals surface area contributed by atoms with Crippen LogP contribution in [0.1, 0.15) is 24.4 Å². The zero-order valence-corrected chi connectivity index (χ0v) is 12.3. The molecule has 0 bridgehead atoms. The average molecular weight is 318 g/mol. The van der Waals surface area contributed by atoms with Crippen LogP contribution in [0.3, 0.4) is 0 Å². The van der Waals surface area contributed by atoms with Gasteiger partial charge >= 0.3 is 6.18 Å². The van der Waals surface area contributed by atoms with E-state index < -0.39 is 17.7 Å². The van der Waals surface area contributed by atoms with Gasteiger partial charge in [0.25, 0.3) is 0 Å². The normalized spacial score (nSPS) is 12.1. The number of aromatic nitrogens is 1. The van der Waals surface area contributed by atoms with Crippen molar-refractivity contribution in [3.05, 3.63) is 40.7 Å². The summed E-state index contributed by atoms with van der Waals surface area (Å²) in [7, 11) is 0. The molecule has 7 heteroatoms. The van der Waals surface area contributed by atoms with Crippen molar-refractivity contribution in [2.45, 2.75) is 32.6 Å². The van der Waals surface area contributed by atoms with Gasteiger partial charge in [-0.15, -0.1) is 11.3 Å². The minimum atomic E-state index is -4.50. The van der Waals surface area contributed by atoms with Gasteiger partial charge in [0.2, 0.25) is 0 Å². The molecule has 114 valence electrons. The van der Waals surface area contributed by atoms with Crippen LogP contribution in [0.4, 0.5) is 17.6 Å². The van der Waals surface area contributed by atoms with Gasteiger partial charge < -0.3 is 5.32 Å². The van der Waals surface area contributed by atoms with Gasteiger partial charge in [0.1, 0.15) is 10.8 Å². The lowest BCUT2D eigenvalue weighted by atomic mass is 10.2. The van der Waals surface area contributed by atoms with Crippen molar-refractivity contribution in [2.24, 2.45) is 0 Å². The number of nitrogens with zero attached hydrogens (tertiary/aromatic N) is 1. The summed E-state index contributed by atoms with van der Waals surface area (Å²) >= 11 is 0.971. The van der Waals surface area contributed by atoms with Gasteiger partial charge in [0.05, 0.1) is 4.88 Å². The zero-order valence-electron chi connectivity index (χ0n) is 11.5. The first-order valence-corrected chi connectivity index (χ1v) is 7.15. The molecule has 1 aromatic heterocycles. The summed E-state index contributed by atoms with van der Waals surface area (Å²) in [5, 5.41) is 3.20. The quantitative estimate of drug-likeness (QED) is 0.842.